The Labute approximate surface area is 130 Å². The summed E-state index contributed by atoms with van der Waals surface area (Å²) in [6.45, 7) is 2.58. The molecule has 0 aliphatic rings. The Bertz CT molecular complexity index is 642. The van der Waals surface area contributed by atoms with E-state index in [0.29, 0.717) is 11.7 Å². The van der Waals surface area contributed by atoms with Gasteiger partial charge in [0.05, 0.1) is 12.8 Å². The molecule has 0 saturated heterocycles. The molecular formula is C16H19N3OS. The van der Waals surface area contributed by atoms with Crippen molar-refractivity contribution in [3.63, 3.8) is 0 Å². The summed E-state index contributed by atoms with van der Waals surface area (Å²) < 4.78 is 5.03. The van der Waals surface area contributed by atoms with E-state index in [4.69, 9.17) is 17.0 Å². The first-order chi connectivity index (χ1) is 10.2. The van der Waals surface area contributed by atoms with Gasteiger partial charge in [-0.3, -0.25) is 5.43 Å². The van der Waals surface area contributed by atoms with E-state index in [0.717, 1.165) is 5.56 Å². The molecule has 0 aromatic heterocycles. The van der Waals surface area contributed by atoms with Crippen LogP contribution in [-0.2, 0) is 4.74 Å². The molecule has 0 unspecified atom stereocenters. The highest BCUT2D eigenvalue weighted by molar-refractivity contribution is 7.80. The number of hydrogen-bond acceptors (Lipinski definition) is 3. The highest BCUT2D eigenvalue weighted by Gasteiger charge is 2.01. The molecule has 0 fully saturated rings. The molecule has 21 heavy (non-hydrogen) atoms. The Balaban J connectivity index is 1.92. The van der Waals surface area contributed by atoms with E-state index in [1.165, 1.54) is 10.8 Å². The molecule has 0 spiro atoms. The number of benzene rings is 2. The standard InChI is InChI=1S/C16H19N3OS/c1-12(11-20-2)18-16(21)19-17-10-13-7-8-14-5-3-4-6-15(14)9-13/h3-10,12H,11H2,1-2H3,(H2,18,19,21)/b17-10-/t12-/m0/s1. The molecule has 4 nitrogen and oxygen atoms in total. The van der Waals surface area contributed by atoms with Crippen molar-refractivity contribution in [1.82, 2.24) is 10.7 Å². The van der Waals surface area contributed by atoms with Gasteiger partial charge in [0, 0.05) is 13.2 Å². The number of nitrogens with one attached hydrogen (secondary N) is 2. The normalized spacial score (nSPS) is 12.5. The summed E-state index contributed by atoms with van der Waals surface area (Å²) in [5.74, 6) is 0. The zero-order chi connectivity index (χ0) is 15.1. The zero-order valence-corrected chi connectivity index (χ0v) is 13.0. The summed E-state index contributed by atoms with van der Waals surface area (Å²) in [6.07, 6.45) is 1.75. The SMILES string of the molecule is COC[C@H](C)NC(=S)N/N=C\c1ccc2ccccc2c1. The third-order valence-corrected chi connectivity index (χ3v) is 3.16. The van der Waals surface area contributed by atoms with Crippen LogP contribution in [0.1, 0.15) is 12.5 Å². The first kappa shape index (κ1) is 15.4. The Kier molecular flexibility index (Phi) is 5.66. The van der Waals surface area contributed by atoms with Crippen LogP contribution in [0.15, 0.2) is 47.6 Å². The van der Waals surface area contributed by atoms with Crippen molar-refractivity contribution in [1.29, 1.82) is 0 Å². The third-order valence-electron chi connectivity index (χ3n) is 2.95. The van der Waals surface area contributed by atoms with Gasteiger partial charge in [0.1, 0.15) is 0 Å². The molecule has 0 aliphatic heterocycles. The highest BCUT2D eigenvalue weighted by Crippen LogP contribution is 2.14. The van der Waals surface area contributed by atoms with E-state index in [1.807, 2.05) is 25.1 Å². The van der Waals surface area contributed by atoms with E-state index >= 15 is 0 Å². The van der Waals surface area contributed by atoms with Crippen molar-refractivity contribution in [2.24, 2.45) is 5.10 Å². The lowest BCUT2D eigenvalue weighted by atomic mass is 10.1. The van der Waals surface area contributed by atoms with Crippen LogP contribution in [0.3, 0.4) is 0 Å². The maximum atomic E-state index is 5.15. The average molecular weight is 301 g/mol. The van der Waals surface area contributed by atoms with Crippen molar-refractivity contribution in [2.75, 3.05) is 13.7 Å². The van der Waals surface area contributed by atoms with Crippen molar-refractivity contribution in [2.45, 2.75) is 13.0 Å². The molecule has 0 heterocycles. The smallest absolute Gasteiger partial charge is 0.187 e. The summed E-state index contributed by atoms with van der Waals surface area (Å²) in [6, 6.07) is 14.6. The van der Waals surface area contributed by atoms with Crippen molar-refractivity contribution < 1.29 is 4.74 Å². The second-order valence-corrected chi connectivity index (χ2v) is 5.21. The monoisotopic (exact) mass is 301 g/mol. The molecule has 0 aliphatic carbocycles. The average Bonchev–Trinajstić information content (AvgIpc) is 2.47. The van der Waals surface area contributed by atoms with E-state index in [9.17, 15) is 0 Å². The van der Waals surface area contributed by atoms with Gasteiger partial charge in [-0.25, -0.2) is 0 Å². The molecule has 2 rings (SSSR count). The van der Waals surface area contributed by atoms with Crippen LogP contribution in [0.2, 0.25) is 0 Å². The molecule has 0 amide bonds. The molecule has 2 aromatic rings. The van der Waals surface area contributed by atoms with Gasteiger partial charge in [-0.05, 0) is 41.5 Å². The Morgan fingerprint density at radius 3 is 2.81 bits per heavy atom. The highest BCUT2D eigenvalue weighted by atomic mass is 32.1. The van der Waals surface area contributed by atoms with Gasteiger partial charge in [-0.1, -0.05) is 36.4 Å². The van der Waals surface area contributed by atoms with Gasteiger partial charge >= 0.3 is 0 Å². The molecule has 0 saturated carbocycles. The number of thiocarbonyl (C=S) groups is 1. The molecule has 0 radical (unpaired) electrons. The predicted molar refractivity (Wildman–Crippen MR) is 91.7 cm³/mol. The van der Waals surface area contributed by atoms with Crippen molar-refractivity contribution in [3.05, 3.63) is 48.0 Å². The van der Waals surface area contributed by atoms with Gasteiger partial charge in [-0.15, -0.1) is 0 Å². The molecular weight excluding hydrogens is 282 g/mol. The number of hydrogen-bond donors (Lipinski definition) is 2. The molecule has 1 atom stereocenters. The first-order valence-electron chi connectivity index (χ1n) is 6.76. The number of rotatable bonds is 5. The summed E-state index contributed by atoms with van der Waals surface area (Å²) in [4.78, 5) is 0. The summed E-state index contributed by atoms with van der Waals surface area (Å²) in [5, 5.41) is 10.1. The second kappa shape index (κ2) is 7.71. The molecule has 110 valence electrons. The van der Waals surface area contributed by atoms with Gasteiger partial charge in [0.15, 0.2) is 5.11 Å². The first-order valence-corrected chi connectivity index (χ1v) is 7.17. The maximum absolute atomic E-state index is 5.15. The van der Waals surface area contributed by atoms with Gasteiger partial charge in [0.2, 0.25) is 0 Å². The molecule has 2 aromatic carbocycles. The fraction of sp³-hybridized carbons (Fsp3) is 0.250. The maximum Gasteiger partial charge on any atom is 0.187 e. The van der Waals surface area contributed by atoms with Crippen LogP contribution in [-0.4, -0.2) is 31.1 Å². The van der Waals surface area contributed by atoms with Crippen LogP contribution in [0.4, 0.5) is 0 Å². The van der Waals surface area contributed by atoms with Crippen LogP contribution in [0, 0.1) is 0 Å². The molecule has 0 bridgehead atoms. The molecule has 2 N–H and O–H groups in total. The second-order valence-electron chi connectivity index (χ2n) is 4.81. The van der Waals surface area contributed by atoms with Crippen LogP contribution < -0.4 is 10.7 Å². The van der Waals surface area contributed by atoms with Crippen LogP contribution >= 0.6 is 12.2 Å². The lowest BCUT2D eigenvalue weighted by Crippen LogP contribution is -2.40. The van der Waals surface area contributed by atoms with Crippen molar-refractivity contribution >= 4 is 34.3 Å². The zero-order valence-electron chi connectivity index (χ0n) is 12.2. The lowest BCUT2D eigenvalue weighted by molar-refractivity contribution is 0.179. The number of fused-ring (bicyclic) bond motifs is 1. The third kappa shape index (κ3) is 4.81. The minimum absolute atomic E-state index is 0.144. The Morgan fingerprint density at radius 1 is 1.29 bits per heavy atom. The number of nitrogens with zero attached hydrogens (tertiary/aromatic N) is 1. The number of hydrazone groups is 1. The van der Waals surface area contributed by atoms with Crippen LogP contribution in [0.25, 0.3) is 10.8 Å². The van der Waals surface area contributed by atoms with Crippen LogP contribution in [0.5, 0.6) is 0 Å². The lowest BCUT2D eigenvalue weighted by Gasteiger charge is -2.13. The minimum Gasteiger partial charge on any atom is -0.383 e. The van der Waals surface area contributed by atoms with E-state index < -0.39 is 0 Å². The predicted octanol–water partition coefficient (Wildman–Crippen LogP) is 2.67. The van der Waals surface area contributed by atoms with E-state index in [-0.39, 0.29) is 6.04 Å². The summed E-state index contributed by atoms with van der Waals surface area (Å²) in [5.41, 5.74) is 3.82. The largest absolute Gasteiger partial charge is 0.383 e. The Morgan fingerprint density at radius 2 is 2.05 bits per heavy atom. The molecule has 5 heteroatoms. The number of ether oxygens (including phenoxy) is 1. The van der Waals surface area contributed by atoms with Gasteiger partial charge in [0.25, 0.3) is 0 Å². The topological polar surface area (TPSA) is 45.6 Å². The summed E-state index contributed by atoms with van der Waals surface area (Å²) in [7, 11) is 1.66. The Hall–Kier alpha value is -1.98. The minimum atomic E-state index is 0.144. The number of methoxy groups -OCH3 is 1. The fourth-order valence-corrected chi connectivity index (χ4v) is 2.26. The summed E-state index contributed by atoms with van der Waals surface area (Å²) >= 11 is 5.15. The van der Waals surface area contributed by atoms with Crippen molar-refractivity contribution in [3.8, 4) is 0 Å². The van der Waals surface area contributed by atoms with E-state index in [2.05, 4.69) is 40.1 Å². The quantitative estimate of drug-likeness (QED) is 0.506. The fourth-order valence-electron chi connectivity index (χ4n) is 2.00. The van der Waals surface area contributed by atoms with Gasteiger partial charge in [-0.2, -0.15) is 5.10 Å². The van der Waals surface area contributed by atoms with E-state index in [1.54, 1.807) is 13.3 Å². The van der Waals surface area contributed by atoms with Gasteiger partial charge < -0.3 is 10.1 Å².